The van der Waals surface area contributed by atoms with Crippen molar-refractivity contribution in [3.05, 3.63) is 52.2 Å². The van der Waals surface area contributed by atoms with E-state index in [0.717, 1.165) is 23.3 Å². The number of amides is 1. The summed E-state index contributed by atoms with van der Waals surface area (Å²) in [6.07, 6.45) is 3.82. The molecule has 0 bridgehead atoms. The second-order valence-corrected chi connectivity index (χ2v) is 10.1. The van der Waals surface area contributed by atoms with Crippen molar-refractivity contribution in [2.75, 3.05) is 32.6 Å². The summed E-state index contributed by atoms with van der Waals surface area (Å²) in [7, 11) is -3.49. The second kappa shape index (κ2) is 8.95. The molecule has 3 aromatic rings. The number of ether oxygens (including phenoxy) is 2. The third kappa shape index (κ3) is 4.90. The van der Waals surface area contributed by atoms with E-state index in [0.29, 0.717) is 25.4 Å². The molecule has 3 heterocycles. The van der Waals surface area contributed by atoms with Gasteiger partial charge in [0.2, 0.25) is 0 Å². The minimum Gasteiger partial charge on any atom is -0.491 e. The fraction of sp³-hybridized carbons (Fsp3) is 0.316. The molecular weight excluding hydrogens is 464 g/mol. The lowest BCUT2D eigenvalue weighted by atomic mass is 10.2. The number of morpholine rings is 1. The summed E-state index contributed by atoms with van der Waals surface area (Å²) >= 11 is 7.20. The van der Waals surface area contributed by atoms with E-state index in [1.807, 2.05) is 24.3 Å². The summed E-state index contributed by atoms with van der Waals surface area (Å²) in [6.45, 7) is 1.33. The van der Waals surface area contributed by atoms with Crippen molar-refractivity contribution in [3.8, 4) is 11.4 Å². The van der Waals surface area contributed by atoms with Crippen LogP contribution in [0, 0.1) is 0 Å². The summed E-state index contributed by atoms with van der Waals surface area (Å²) in [5, 5.41) is 5.45. The van der Waals surface area contributed by atoms with Gasteiger partial charge in [-0.25, -0.2) is 18.1 Å². The molecule has 0 radical (unpaired) electrons. The summed E-state index contributed by atoms with van der Waals surface area (Å²) in [4.78, 5) is 18.6. The Bertz CT molecular complexity index is 1160. The monoisotopic (exact) mass is 482 g/mol. The molecule has 1 aromatic carbocycles. The van der Waals surface area contributed by atoms with E-state index in [2.05, 4.69) is 10.1 Å². The molecule has 164 valence electrons. The quantitative estimate of drug-likeness (QED) is 0.531. The van der Waals surface area contributed by atoms with Gasteiger partial charge in [0, 0.05) is 18.2 Å². The fourth-order valence-electron chi connectivity index (χ4n) is 3.10. The summed E-state index contributed by atoms with van der Waals surface area (Å²) < 4.78 is 36.7. The van der Waals surface area contributed by atoms with Gasteiger partial charge in [0.1, 0.15) is 36.0 Å². The molecule has 2 aromatic heterocycles. The van der Waals surface area contributed by atoms with Crippen LogP contribution in [0.5, 0.6) is 5.75 Å². The van der Waals surface area contributed by atoms with Gasteiger partial charge in [0.05, 0.1) is 28.8 Å². The molecule has 4 rings (SSSR count). The van der Waals surface area contributed by atoms with Crippen LogP contribution in [0.3, 0.4) is 0 Å². The lowest BCUT2D eigenvalue weighted by Gasteiger charge is -2.32. The smallest absolute Gasteiger partial charge is 0.265 e. The first-order valence-corrected chi connectivity index (χ1v) is 12.4. The maximum atomic E-state index is 12.9. The third-order valence-electron chi connectivity index (χ3n) is 4.68. The fourth-order valence-corrected chi connectivity index (χ4v) is 5.97. The predicted molar refractivity (Wildman–Crippen MR) is 115 cm³/mol. The maximum absolute atomic E-state index is 12.9. The third-order valence-corrected chi connectivity index (χ3v) is 7.53. The number of carbonyl (C=O) groups excluding carboxylic acids is 1. The zero-order valence-electron chi connectivity index (χ0n) is 16.5. The highest BCUT2D eigenvalue weighted by Gasteiger charge is 2.30. The number of benzene rings is 1. The molecule has 0 N–H and O–H groups in total. The van der Waals surface area contributed by atoms with Crippen LogP contribution < -0.4 is 4.74 Å². The maximum Gasteiger partial charge on any atom is 0.265 e. The largest absolute Gasteiger partial charge is 0.491 e. The summed E-state index contributed by atoms with van der Waals surface area (Å²) in [5.74, 6) is 0.352. The van der Waals surface area contributed by atoms with E-state index in [-0.39, 0.29) is 33.4 Å². The molecule has 12 heteroatoms. The molecule has 1 aliphatic heterocycles. The molecule has 0 spiro atoms. The topological polar surface area (TPSA) is 104 Å². The van der Waals surface area contributed by atoms with Crippen molar-refractivity contribution < 1.29 is 22.7 Å². The van der Waals surface area contributed by atoms with Gasteiger partial charge >= 0.3 is 0 Å². The van der Waals surface area contributed by atoms with Crippen LogP contribution in [0.15, 0.2) is 47.2 Å². The molecule has 0 aliphatic carbocycles. The van der Waals surface area contributed by atoms with E-state index in [9.17, 15) is 13.2 Å². The predicted octanol–water partition coefficient (Wildman–Crippen LogP) is 2.31. The Balaban J connectivity index is 1.36. The zero-order chi connectivity index (χ0) is 22.0. The van der Waals surface area contributed by atoms with E-state index < -0.39 is 9.84 Å². The Hall–Kier alpha value is -2.47. The van der Waals surface area contributed by atoms with E-state index in [1.165, 1.54) is 11.7 Å². The summed E-state index contributed by atoms with van der Waals surface area (Å²) in [6, 6.07) is 7.36. The van der Waals surface area contributed by atoms with Gasteiger partial charge in [-0.15, -0.1) is 11.3 Å². The van der Waals surface area contributed by atoms with Crippen molar-refractivity contribution in [3.63, 3.8) is 0 Å². The standard InChI is InChI=1S/C19H19ClN4O5S2/c1-31(26,27)16-10-30-18(17(16)20)19(25)23-6-7-28-15(8-23)9-29-14-4-2-13(3-5-14)24-12-21-11-22-24/h2-5,10-12,15H,6-9H2,1H3. The van der Waals surface area contributed by atoms with Crippen LogP contribution in [0.25, 0.3) is 5.69 Å². The Morgan fingerprint density at radius 2 is 2.13 bits per heavy atom. The minimum absolute atomic E-state index is 0.0231. The van der Waals surface area contributed by atoms with E-state index in [4.69, 9.17) is 21.1 Å². The van der Waals surface area contributed by atoms with Gasteiger partial charge in [-0.05, 0) is 24.3 Å². The Morgan fingerprint density at radius 3 is 2.77 bits per heavy atom. The number of thiophene rings is 1. The minimum atomic E-state index is -3.49. The van der Waals surface area contributed by atoms with Crippen molar-refractivity contribution >= 4 is 38.7 Å². The van der Waals surface area contributed by atoms with E-state index in [1.54, 1.807) is 15.9 Å². The van der Waals surface area contributed by atoms with Crippen LogP contribution >= 0.6 is 22.9 Å². The highest BCUT2D eigenvalue weighted by atomic mass is 35.5. The number of aromatic nitrogens is 3. The normalized spacial score (nSPS) is 17.0. The molecular formula is C19H19ClN4O5S2. The molecule has 1 atom stereocenters. The average Bonchev–Trinajstić information content (AvgIpc) is 3.42. The van der Waals surface area contributed by atoms with Gasteiger partial charge in [0.15, 0.2) is 9.84 Å². The number of hydrogen-bond donors (Lipinski definition) is 0. The highest BCUT2D eigenvalue weighted by Crippen LogP contribution is 2.32. The van der Waals surface area contributed by atoms with Crippen LogP contribution in [0.2, 0.25) is 5.02 Å². The lowest BCUT2D eigenvalue weighted by Crippen LogP contribution is -2.47. The molecule has 1 saturated heterocycles. The van der Waals surface area contributed by atoms with Gasteiger partial charge in [-0.2, -0.15) is 5.10 Å². The first-order valence-electron chi connectivity index (χ1n) is 9.28. The van der Waals surface area contributed by atoms with Gasteiger partial charge in [-0.3, -0.25) is 4.79 Å². The number of carbonyl (C=O) groups is 1. The molecule has 0 saturated carbocycles. The molecule has 9 nitrogen and oxygen atoms in total. The summed E-state index contributed by atoms with van der Waals surface area (Å²) in [5.41, 5.74) is 0.858. The van der Waals surface area contributed by atoms with Crippen LogP contribution in [0.1, 0.15) is 9.67 Å². The number of nitrogens with zero attached hydrogens (tertiary/aromatic N) is 4. The molecule has 31 heavy (non-hydrogen) atoms. The highest BCUT2D eigenvalue weighted by molar-refractivity contribution is 7.91. The van der Waals surface area contributed by atoms with Gasteiger partial charge < -0.3 is 14.4 Å². The number of rotatable bonds is 6. The SMILES string of the molecule is CS(=O)(=O)c1csc(C(=O)N2CCOC(COc3ccc(-n4cncn4)cc3)C2)c1Cl. The van der Waals surface area contributed by atoms with Crippen LogP contribution in [-0.4, -0.2) is 72.7 Å². The molecule has 1 unspecified atom stereocenters. The number of sulfone groups is 1. The Kier molecular flexibility index (Phi) is 6.28. The van der Waals surface area contributed by atoms with Gasteiger partial charge in [-0.1, -0.05) is 11.6 Å². The first-order chi connectivity index (χ1) is 14.8. The first kappa shape index (κ1) is 21.8. The van der Waals surface area contributed by atoms with E-state index >= 15 is 0 Å². The van der Waals surface area contributed by atoms with Crippen molar-refractivity contribution in [2.24, 2.45) is 0 Å². The Labute approximate surface area is 188 Å². The van der Waals surface area contributed by atoms with Crippen molar-refractivity contribution in [2.45, 2.75) is 11.0 Å². The van der Waals surface area contributed by atoms with Gasteiger partial charge in [0.25, 0.3) is 5.91 Å². The van der Waals surface area contributed by atoms with Crippen LogP contribution in [0.4, 0.5) is 0 Å². The zero-order valence-corrected chi connectivity index (χ0v) is 18.9. The van der Waals surface area contributed by atoms with Crippen molar-refractivity contribution in [1.82, 2.24) is 19.7 Å². The second-order valence-electron chi connectivity index (χ2n) is 6.90. The lowest BCUT2D eigenvalue weighted by molar-refractivity contribution is -0.0399. The molecule has 1 amide bonds. The number of hydrogen-bond acceptors (Lipinski definition) is 8. The molecule has 1 fully saturated rings. The van der Waals surface area contributed by atoms with Crippen molar-refractivity contribution in [1.29, 1.82) is 0 Å². The number of halogens is 1. The van der Waals surface area contributed by atoms with Crippen LogP contribution in [-0.2, 0) is 14.6 Å². The average molecular weight is 483 g/mol. The molecule has 1 aliphatic rings. The Morgan fingerprint density at radius 1 is 1.35 bits per heavy atom.